The van der Waals surface area contributed by atoms with Crippen molar-refractivity contribution in [3.05, 3.63) is 35.4 Å². The Morgan fingerprint density at radius 1 is 1.22 bits per heavy atom. The molecule has 2 aliphatic rings. The lowest BCUT2D eigenvalue weighted by atomic mass is 9.81. The first-order chi connectivity index (χ1) is 11.1. The van der Waals surface area contributed by atoms with Crippen LogP contribution in [-0.2, 0) is 17.7 Å². The van der Waals surface area contributed by atoms with Crippen LogP contribution < -0.4 is 5.32 Å². The number of methoxy groups -OCH3 is 1. The second-order valence-corrected chi connectivity index (χ2v) is 7.18. The first-order valence-electron chi connectivity index (χ1n) is 8.77. The van der Waals surface area contributed by atoms with Gasteiger partial charge in [0, 0.05) is 13.7 Å². The summed E-state index contributed by atoms with van der Waals surface area (Å²) in [6.07, 6.45) is 5.90. The number of alkyl halides is 2. The molecule has 4 heteroatoms. The highest BCUT2D eigenvalue weighted by atomic mass is 19.3. The minimum atomic E-state index is -2.81. The van der Waals surface area contributed by atoms with Gasteiger partial charge < -0.3 is 10.1 Å². The summed E-state index contributed by atoms with van der Waals surface area (Å²) in [5, 5.41) is 2.92. The second kappa shape index (κ2) is 7.27. The van der Waals surface area contributed by atoms with Crippen molar-refractivity contribution in [2.75, 3.05) is 13.7 Å². The zero-order valence-electron chi connectivity index (χ0n) is 13.9. The molecule has 0 spiro atoms. The van der Waals surface area contributed by atoms with Gasteiger partial charge in [-0.15, -0.1) is 0 Å². The molecule has 0 aromatic heterocycles. The predicted octanol–water partition coefficient (Wildman–Crippen LogP) is 4.18. The minimum absolute atomic E-state index is 0.0302. The van der Waals surface area contributed by atoms with Gasteiger partial charge in [-0.2, -0.15) is 0 Å². The van der Waals surface area contributed by atoms with E-state index in [-0.39, 0.29) is 12.5 Å². The zero-order chi connectivity index (χ0) is 16.3. The van der Waals surface area contributed by atoms with E-state index in [0.717, 1.165) is 30.7 Å². The Bertz CT molecular complexity index is 512. The number of ether oxygens (including phenoxy) is 1. The molecule has 128 valence electrons. The molecule has 0 heterocycles. The van der Waals surface area contributed by atoms with Crippen molar-refractivity contribution in [2.24, 2.45) is 11.8 Å². The largest absolute Gasteiger partial charge is 0.375 e. The molecule has 0 saturated heterocycles. The highest BCUT2D eigenvalue weighted by molar-refractivity contribution is 5.24. The van der Waals surface area contributed by atoms with Gasteiger partial charge in [0.25, 0.3) is 5.92 Å². The molecule has 1 atom stereocenters. The van der Waals surface area contributed by atoms with E-state index in [1.807, 2.05) is 12.1 Å². The number of nitrogens with one attached hydrogen (secondary N) is 1. The smallest absolute Gasteiger partial charge is 0.286 e. The first kappa shape index (κ1) is 16.8. The fourth-order valence-corrected chi connectivity index (χ4v) is 3.48. The van der Waals surface area contributed by atoms with Crippen molar-refractivity contribution in [2.45, 2.75) is 57.1 Å². The molecule has 23 heavy (non-hydrogen) atoms. The maximum atomic E-state index is 14.2. The molecule has 2 aliphatic carbocycles. The van der Waals surface area contributed by atoms with Crippen molar-refractivity contribution in [3.63, 3.8) is 0 Å². The summed E-state index contributed by atoms with van der Waals surface area (Å²) in [6.45, 7) is 0.157. The van der Waals surface area contributed by atoms with Gasteiger partial charge in [0.2, 0.25) is 0 Å². The Labute approximate surface area is 137 Å². The van der Waals surface area contributed by atoms with E-state index >= 15 is 0 Å². The molecule has 0 amide bonds. The Balaban J connectivity index is 1.48. The number of benzene rings is 1. The molecule has 1 N–H and O–H groups in total. The van der Waals surface area contributed by atoms with Crippen molar-refractivity contribution < 1.29 is 13.5 Å². The van der Waals surface area contributed by atoms with Crippen LogP contribution in [0.2, 0.25) is 0 Å². The molecule has 1 aromatic carbocycles. The highest BCUT2D eigenvalue weighted by Crippen LogP contribution is 2.40. The SMILES string of the molecule is COC(C1CC1)C(F)(F)CNCc1cccc(CC2CCC2)c1. The number of hydrogen-bond acceptors (Lipinski definition) is 2. The topological polar surface area (TPSA) is 21.3 Å². The van der Waals surface area contributed by atoms with Crippen LogP contribution >= 0.6 is 0 Å². The third-order valence-corrected chi connectivity index (χ3v) is 5.15. The lowest BCUT2D eigenvalue weighted by molar-refractivity contribution is -0.130. The molecule has 2 fully saturated rings. The van der Waals surface area contributed by atoms with Crippen LogP contribution in [0.15, 0.2) is 24.3 Å². The summed E-state index contributed by atoms with van der Waals surface area (Å²) < 4.78 is 33.4. The van der Waals surface area contributed by atoms with Crippen LogP contribution in [0.4, 0.5) is 8.78 Å². The number of halogens is 2. The van der Waals surface area contributed by atoms with Gasteiger partial charge in [-0.1, -0.05) is 43.5 Å². The van der Waals surface area contributed by atoms with E-state index in [1.54, 1.807) is 0 Å². The van der Waals surface area contributed by atoms with Crippen molar-refractivity contribution in [1.29, 1.82) is 0 Å². The van der Waals surface area contributed by atoms with Gasteiger partial charge in [-0.05, 0) is 42.2 Å². The fraction of sp³-hybridized carbons (Fsp3) is 0.684. The summed E-state index contributed by atoms with van der Waals surface area (Å²) in [7, 11) is 1.39. The molecule has 0 bridgehead atoms. The van der Waals surface area contributed by atoms with E-state index in [0.29, 0.717) is 6.54 Å². The standard InChI is InChI=1S/C19H27F2NO/c1-23-18(17-8-9-17)19(20,21)13-22-12-16-7-3-6-15(11-16)10-14-4-2-5-14/h3,6-7,11,14,17-18,22H,2,4-5,8-10,12-13H2,1H3. The monoisotopic (exact) mass is 323 g/mol. The third kappa shape index (κ3) is 4.51. The second-order valence-electron chi connectivity index (χ2n) is 7.18. The summed E-state index contributed by atoms with van der Waals surface area (Å²) in [5.74, 6) is -1.95. The minimum Gasteiger partial charge on any atom is -0.375 e. The van der Waals surface area contributed by atoms with Gasteiger partial charge in [-0.25, -0.2) is 8.78 Å². The summed E-state index contributed by atoms with van der Waals surface area (Å²) in [4.78, 5) is 0. The average Bonchev–Trinajstić information content (AvgIpc) is 3.28. The molecule has 0 radical (unpaired) electrons. The average molecular weight is 323 g/mol. The Kier molecular flexibility index (Phi) is 5.32. The van der Waals surface area contributed by atoms with Crippen molar-refractivity contribution >= 4 is 0 Å². The lowest BCUT2D eigenvalue weighted by Gasteiger charge is -2.26. The molecule has 1 aromatic rings. The van der Waals surface area contributed by atoms with Crippen LogP contribution in [0.1, 0.15) is 43.2 Å². The Hall–Kier alpha value is -1.00. The molecule has 0 aliphatic heterocycles. The van der Waals surface area contributed by atoms with Gasteiger partial charge in [0.1, 0.15) is 6.10 Å². The summed E-state index contributed by atoms with van der Waals surface area (Å²) in [6, 6.07) is 8.33. The fourth-order valence-electron chi connectivity index (χ4n) is 3.48. The van der Waals surface area contributed by atoms with E-state index < -0.39 is 12.0 Å². The maximum absolute atomic E-state index is 14.2. The van der Waals surface area contributed by atoms with Crippen molar-refractivity contribution in [3.8, 4) is 0 Å². The first-order valence-corrected chi connectivity index (χ1v) is 8.77. The van der Waals surface area contributed by atoms with E-state index in [1.165, 1.54) is 31.9 Å². The van der Waals surface area contributed by atoms with Gasteiger partial charge in [-0.3, -0.25) is 0 Å². The molecule has 2 saturated carbocycles. The maximum Gasteiger partial charge on any atom is 0.286 e. The summed E-state index contributed by atoms with van der Waals surface area (Å²) in [5.41, 5.74) is 2.41. The van der Waals surface area contributed by atoms with Gasteiger partial charge >= 0.3 is 0 Å². The number of rotatable bonds is 9. The highest BCUT2D eigenvalue weighted by Gasteiger charge is 2.48. The molecular formula is C19H27F2NO. The lowest BCUT2D eigenvalue weighted by Crippen LogP contribution is -2.45. The van der Waals surface area contributed by atoms with Gasteiger partial charge in [0.15, 0.2) is 0 Å². The quantitative estimate of drug-likeness (QED) is 0.736. The Morgan fingerprint density at radius 2 is 1.96 bits per heavy atom. The zero-order valence-corrected chi connectivity index (χ0v) is 13.9. The molecule has 3 rings (SSSR count). The van der Waals surface area contributed by atoms with Crippen LogP contribution in [-0.4, -0.2) is 25.7 Å². The van der Waals surface area contributed by atoms with Crippen LogP contribution in [0.3, 0.4) is 0 Å². The van der Waals surface area contributed by atoms with E-state index in [9.17, 15) is 8.78 Å². The molecule has 1 unspecified atom stereocenters. The predicted molar refractivity (Wildman–Crippen MR) is 87.7 cm³/mol. The van der Waals surface area contributed by atoms with Crippen LogP contribution in [0.5, 0.6) is 0 Å². The van der Waals surface area contributed by atoms with Crippen LogP contribution in [0.25, 0.3) is 0 Å². The molecular weight excluding hydrogens is 296 g/mol. The van der Waals surface area contributed by atoms with Crippen molar-refractivity contribution in [1.82, 2.24) is 5.32 Å². The van der Waals surface area contributed by atoms with E-state index in [4.69, 9.17) is 4.74 Å². The summed E-state index contributed by atoms with van der Waals surface area (Å²) >= 11 is 0. The van der Waals surface area contributed by atoms with Crippen LogP contribution in [0, 0.1) is 11.8 Å². The number of hydrogen-bond donors (Lipinski definition) is 1. The molecule has 2 nitrogen and oxygen atoms in total. The third-order valence-electron chi connectivity index (χ3n) is 5.15. The Morgan fingerprint density at radius 3 is 2.57 bits per heavy atom. The van der Waals surface area contributed by atoms with E-state index in [2.05, 4.69) is 17.4 Å². The van der Waals surface area contributed by atoms with Gasteiger partial charge in [0.05, 0.1) is 6.54 Å². The normalized spacial score (nSPS) is 20.3.